The van der Waals surface area contributed by atoms with Crippen molar-refractivity contribution in [1.29, 1.82) is 0 Å². The lowest BCUT2D eigenvalue weighted by molar-refractivity contribution is 0.136. The summed E-state index contributed by atoms with van der Waals surface area (Å²) in [6.45, 7) is 10.7. The number of piperidine rings is 1. The lowest BCUT2D eigenvalue weighted by Gasteiger charge is -2.37. The molecule has 1 heterocycles. The van der Waals surface area contributed by atoms with Gasteiger partial charge in [-0.25, -0.2) is 0 Å². The number of aliphatic hydroxyl groups excluding tert-OH is 1. The Balaban J connectivity index is 1.97. The fraction of sp³-hybridized carbons (Fsp3) is 0.938. The van der Waals surface area contributed by atoms with E-state index in [-0.39, 0.29) is 6.10 Å². The van der Waals surface area contributed by atoms with Gasteiger partial charge in [-0.2, -0.15) is 0 Å². The molecule has 4 nitrogen and oxygen atoms in total. The van der Waals surface area contributed by atoms with Crippen LogP contribution in [0.3, 0.4) is 0 Å². The molecular formula is C16H31N3O. The molecule has 20 heavy (non-hydrogen) atoms. The zero-order valence-corrected chi connectivity index (χ0v) is 13.3. The van der Waals surface area contributed by atoms with Crippen LogP contribution >= 0.6 is 0 Å². The van der Waals surface area contributed by atoms with Gasteiger partial charge in [0.2, 0.25) is 0 Å². The zero-order chi connectivity index (χ0) is 14.5. The Bertz CT molecular complexity index is 322. The van der Waals surface area contributed by atoms with Crippen molar-refractivity contribution in [3.8, 4) is 0 Å². The van der Waals surface area contributed by atoms with Crippen molar-refractivity contribution in [1.82, 2.24) is 10.2 Å². The van der Waals surface area contributed by atoms with Gasteiger partial charge in [0, 0.05) is 32.1 Å². The van der Waals surface area contributed by atoms with Gasteiger partial charge in [-0.05, 0) is 38.0 Å². The molecule has 1 aliphatic heterocycles. The van der Waals surface area contributed by atoms with Crippen LogP contribution in [-0.2, 0) is 0 Å². The smallest absolute Gasteiger partial charge is 0.193 e. The van der Waals surface area contributed by atoms with Gasteiger partial charge in [0.1, 0.15) is 0 Å². The molecule has 4 unspecified atom stereocenters. The summed E-state index contributed by atoms with van der Waals surface area (Å²) in [7, 11) is 0. The van der Waals surface area contributed by atoms with Gasteiger partial charge in [-0.1, -0.05) is 20.3 Å². The molecule has 2 aliphatic rings. The Labute approximate surface area is 123 Å². The van der Waals surface area contributed by atoms with Crippen LogP contribution in [0.2, 0.25) is 0 Å². The highest BCUT2D eigenvalue weighted by Crippen LogP contribution is 2.26. The minimum atomic E-state index is -0.138. The Hall–Kier alpha value is -0.770. The Morgan fingerprint density at radius 3 is 2.50 bits per heavy atom. The first kappa shape index (κ1) is 15.6. The standard InChI is InChI=1S/C16H31N3O/c1-4-17-16(18-9-14-6-5-7-15(14)20)19-10-12(2)8-13(3)11-19/h12-15,20H,4-11H2,1-3H3,(H,17,18). The van der Waals surface area contributed by atoms with Crippen LogP contribution in [0, 0.1) is 17.8 Å². The van der Waals surface area contributed by atoms with Gasteiger partial charge in [-0.15, -0.1) is 0 Å². The minimum Gasteiger partial charge on any atom is -0.393 e. The highest BCUT2D eigenvalue weighted by Gasteiger charge is 2.27. The molecule has 1 aliphatic carbocycles. The second kappa shape index (κ2) is 7.30. The van der Waals surface area contributed by atoms with Gasteiger partial charge >= 0.3 is 0 Å². The lowest BCUT2D eigenvalue weighted by atomic mass is 9.92. The van der Waals surface area contributed by atoms with E-state index in [1.807, 2.05) is 0 Å². The predicted molar refractivity (Wildman–Crippen MR) is 83.8 cm³/mol. The number of guanidine groups is 1. The van der Waals surface area contributed by atoms with Crippen LogP contribution in [0.1, 0.15) is 46.5 Å². The normalized spacial score (nSPS) is 35.4. The second-order valence-electron chi connectivity index (χ2n) is 6.80. The van der Waals surface area contributed by atoms with Crippen molar-refractivity contribution >= 4 is 5.96 Å². The Morgan fingerprint density at radius 1 is 1.25 bits per heavy atom. The van der Waals surface area contributed by atoms with Gasteiger partial charge in [0.05, 0.1) is 6.10 Å². The van der Waals surface area contributed by atoms with Gasteiger partial charge in [0.25, 0.3) is 0 Å². The van der Waals surface area contributed by atoms with Crippen molar-refractivity contribution < 1.29 is 5.11 Å². The molecule has 2 rings (SSSR count). The molecule has 1 saturated heterocycles. The second-order valence-corrected chi connectivity index (χ2v) is 6.80. The first-order valence-electron chi connectivity index (χ1n) is 8.31. The molecule has 0 radical (unpaired) electrons. The van der Waals surface area contributed by atoms with Crippen molar-refractivity contribution in [2.45, 2.75) is 52.6 Å². The summed E-state index contributed by atoms with van der Waals surface area (Å²) in [5, 5.41) is 13.3. The molecule has 2 N–H and O–H groups in total. The van der Waals surface area contributed by atoms with Crippen LogP contribution in [-0.4, -0.2) is 48.2 Å². The van der Waals surface area contributed by atoms with Crippen LogP contribution in [0.25, 0.3) is 0 Å². The van der Waals surface area contributed by atoms with E-state index in [1.165, 1.54) is 6.42 Å². The van der Waals surface area contributed by atoms with E-state index in [0.717, 1.165) is 63.2 Å². The highest BCUT2D eigenvalue weighted by atomic mass is 16.3. The maximum atomic E-state index is 9.92. The molecular weight excluding hydrogens is 250 g/mol. The number of aliphatic imine (C=N–C) groups is 1. The SMILES string of the molecule is CCNC(=NCC1CCCC1O)N1CC(C)CC(C)C1. The summed E-state index contributed by atoms with van der Waals surface area (Å²) in [5.41, 5.74) is 0. The molecule has 116 valence electrons. The quantitative estimate of drug-likeness (QED) is 0.615. The van der Waals surface area contributed by atoms with Gasteiger partial charge < -0.3 is 15.3 Å². The van der Waals surface area contributed by atoms with Crippen LogP contribution in [0.5, 0.6) is 0 Å². The third-order valence-electron chi connectivity index (χ3n) is 4.60. The molecule has 0 amide bonds. The monoisotopic (exact) mass is 281 g/mol. The number of rotatable bonds is 3. The fourth-order valence-electron chi connectivity index (χ4n) is 3.70. The van der Waals surface area contributed by atoms with Gasteiger partial charge in [0.15, 0.2) is 5.96 Å². The van der Waals surface area contributed by atoms with E-state index in [1.54, 1.807) is 0 Å². The van der Waals surface area contributed by atoms with E-state index in [0.29, 0.717) is 5.92 Å². The zero-order valence-electron chi connectivity index (χ0n) is 13.3. The van der Waals surface area contributed by atoms with E-state index in [2.05, 4.69) is 31.0 Å². The summed E-state index contributed by atoms with van der Waals surface area (Å²) < 4.78 is 0. The fourth-order valence-corrected chi connectivity index (χ4v) is 3.70. The van der Waals surface area contributed by atoms with Crippen molar-refractivity contribution in [2.24, 2.45) is 22.7 Å². The largest absolute Gasteiger partial charge is 0.393 e. The third kappa shape index (κ3) is 4.11. The predicted octanol–water partition coefficient (Wildman–Crippen LogP) is 2.09. The maximum absolute atomic E-state index is 9.92. The number of hydrogen-bond acceptors (Lipinski definition) is 2. The average molecular weight is 281 g/mol. The van der Waals surface area contributed by atoms with Crippen LogP contribution in [0.15, 0.2) is 4.99 Å². The first-order valence-corrected chi connectivity index (χ1v) is 8.31. The number of likely N-dealkylation sites (tertiary alicyclic amines) is 1. The van der Waals surface area contributed by atoms with E-state index in [4.69, 9.17) is 4.99 Å². The van der Waals surface area contributed by atoms with Gasteiger partial charge in [-0.3, -0.25) is 4.99 Å². The minimum absolute atomic E-state index is 0.138. The number of nitrogens with one attached hydrogen (secondary N) is 1. The molecule has 0 aromatic heterocycles. The summed E-state index contributed by atoms with van der Waals surface area (Å²) in [6, 6.07) is 0. The number of nitrogens with zero attached hydrogens (tertiary/aromatic N) is 2. The molecule has 2 fully saturated rings. The Kier molecular flexibility index (Phi) is 5.70. The average Bonchev–Trinajstić information content (AvgIpc) is 2.79. The number of hydrogen-bond donors (Lipinski definition) is 2. The summed E-state index contributed by atoms with van der Waals surface area (Å²) in [5.74, 6) is 2.88. The van der Waals surface area contributed by atoms with Crippen LogP contribution in [0.4, 0.5) is 0 Å². The molecule has 4 heteroatoms. The summed E-state index contributed by atoms with van der Waals surface area (Å²) in [6.07, 6.45) is 4.40. The molecule has 0 aromatic carbocycles. The van der Waals surface area contributed by atoms with E-state index in [9.17, 15) is 5.11 Å². The first-order chi connectivity index (χ1) is 9.60. The molecule has 1 saturated carbocycles. The lowest BCUT2D eigenvalue weighted by Crippen LogP contribution is -2.48. The van der Waals surface area contributed by atoms with Crippen molar-refractivity contribution in [3.05, 3.63) is 0 Å². The van der Waals surface area contributed by atoms with E-state index >= 15 is 0 Å². The maximum Gasteiger partial charge on any atom is 0.193 e. The molecule has 0 bridgehead atoms. The summed E-state index contributed by atoms with van der Waals surface area (Å²) in [4.78, 5) is 7.22. The van der Waals surface area contributed by atoms with Crippen molar-refractivity contribution in [3.63, 3.8) is 0 Å². The van der Waals surface area contributed by atoms with Crippen LogP contribution < -0.4 is 5.32 Å². The third-order valence-corrected chi connectivity index (χ3v) is 4.60. The summed E-state index contributed by atoms with van der Waals surface area (Å²) >= 11 is 0. The molecule has 0 aromatic rings. The van der Waals surface area contributed by atoms with E-state index < -0.39 is 0 Å². The molecule has 0 spiro atoms. The number of aliphatic hydroxyl groups is 1. The van der Waals surface area contributed by atoms with Crippen molar-refractivity contribution in [2.75, 3.05) is 26.2 Å². The topological polar surface area (TPSA) is 47.9 Å². The highest BCUT2D eigenvalue weighted by molar-refractivity contribution is 5.80. The Morgan fingerprint density at radius 2 is 1.95 bits per heavy atom. The molecule has 4 atom stereocenters.